The molecule has 3 saturated heterocycles. The third kappa shape index (κ3) is 16.6. The van der Waals surface area contributed by atoms with E-state index in [-0.39, 0.29) is 85.9 Å². The van der Waals surface area contributed by atoms with Gasteiger partial charge >= 0.3 is 31.8 Å². The number of urea groups is 1. The minimum absolute atomic E-state index is 0.0242. The maximum Gasteiger partial charge on any atom is 0.508 e. The Morgan fingerprint density at radius 2 is 1.49 bits per heavy atom. The Labute approximate surface area is 526 Å². The first-order chi connectivity index (χ1) is 43.3. The summed E-state index contributed by atoms with van der Waals surface area (Å²) in [6.45, 7) is -8.06. The molecule has 7 amide bonds. The van der Waals surface area contributed by atoms with E-state index in [2.05, 4.69) is 58.1 Å². The number of aliphatic hydroxyl groups is 1. The predicted molar refractivity (Wildman–Crippen MR) is 319 cm³/mol. The van der Waals surface area contributed by atoms with Crippen LogP contribution < -0.4 is 33.2 Å². The number of thiol groups is 1. The topological polar surface area (TPSA) is 485 Å². The summed E-state index contributed by atoms with van der Waals surface area (Å²) in [5.41, 5.74) is 18.6. The van der Waals surface area contributed by atoms with E-state index in [0.717, 1.165) is 28.3 Å². The molecular formula is C51H64N16O20P2S2. The number of amides is 7. The molecule has 36 nitrogen and oxygen atoms in total. The highest BCUT2D eigenvalue weighted by molar-refractivity contribution is 8.44. The van der Waals surface area contributed by atoms with Gasteiger partial charge in [0.25, 0.3) is 11.8 Å². The highest BCUT2D eigenvalue weighted by Gasteiger charge is 2.55. The molecule has 9 rings (SSSR count). The summed E-state index contributed by atoms with van der Waals surface area (Å²) in [5, 5.41) is 19.4. The standard InChI is InChI=1S/C51H64N16O20P2S2/c1-25(2)35(63-32(69)12-14-65-33(70)10-11-34(65)71)29(68)17-27(5-4-13-55-49(54)74)46(73)62-28-8-6-26(7-9-28)18-80-50(75)64(3)15-16-79-51(76)85-41-39-31(84-48(41)67-24-61-37-43(53)57-22-59-45(37)67)20-82-89(78,91)87-40-38(72)30(19-81-88(77,90)86-39)83-47(40)66-23-60-36-42(52)56-21-58-44(36)66/h6-11,21-25,27,30-31,35,38-41,47-48,72H,4-5,12-20H2,1-3H3,(H,62,73)(H,63,69)(H,77,90)(H,78,91)(H2,52,56,58)(H2,53,57,59)(H3,54,55,74)/t27-,30-,31-,35+,38-,39-,40-,41-,47-,48-,88?,89?/m1/s1. The number of aromatic nitrogens is 8. The molecule has 40 heteroatoms. The average molecular weight is 1350 g/mol. The summed E-state index contributed by atoms with van der Waals surface area (Å²) < 4.78 is 69.3. The van der Waals surface area contributed by atoms with Crippen molar-refractivity contribution in [1.82, 2.24) is 59.5 Å². The SMILES string of the molecule is CC(C)[C@H](NC(=O)CCN1C(=O)C=CC1=O)C(=O)C[C@@H](CCCNC(N)=O)C(=O)Nc1ccc(COC(=O)N(C)CCOC(=O)O[C@@H]2[C@@H]3OP(O)(=S)OC[C@H]4O[C@@H](n5cnc6c(N)ncnc65)[C@H](OP(=O)(S)OC[C@H]3O[C@H]2n2cnc3c(N)ncnc32)[C@@H]4O)cc1. The van der Waals surface area contributed by atoms with E-state index in [9.17, 15) is 52.9 Å². The van der Waals surface area contributed by atoms with E-state index in [1.54, 1.807) is 26.0 Å². The van der Waals surface area contributed by atoms with Gasteiger partial charge in [-0.05, 0) is 48.3 Å². The number of nitrogens with two attached hydrogens (primary N) is 3. The normalized spacial score (nSPS) is 25.6. The maximum absolute atomic E-state index is 14.1. The van der Waals surface area contributed by atoms with Gasteiger partial charge in [0.15, 0.2) is 47.3 Å². The van der Waals surface area contributed by atoms with Crippen LogP contribution in [0.3, 0.4) is 0 Å². The second-order valence-electron chi connectivity index (χ2n) is 21.3. The van der Waals surface area contributed by atoms with Crippen LogP contribution in [0.4, 0.5) is 31.7 Å². The number of Topliss-reactive ketones (excluding diaryl/α,β-unsaturated/α-hetero) is 1. The molecule has 5 aromatic rings. The smallest absolute Gasteiger partial charge is 0.445 e. The lowest BCUT2D eigenvalue weighted by Crippen LogP contribution is -2.46. The Kier molecular flexibility index (Phi) is 21.6. The molecule has 4 aliphatic rings. The van der Waals surface area contributed by atoms with E-state index in [1.165, 1.54) is 47.3 Å². The number of anilines is 3. The fraction of sp³-hybridized carbons (Fsp3) is 0.490. The third-order valence-corrected chi connectivity index (χ3v) is 17.8. The van der Waals surface area contributed by atoms with Crippen molar-refractivity contribution in [2.75, 3.05) is 63.3 Å². The first kappa shape index (κ1) is 67.5. The number of primary amides is 1. The number of fused-ring (bicyclic) bond motifs is 5. The Morgan fingerprint density at radius 1 is 0.868 bits per heavy atom. The number of carbonyl (C=O) groups excluding carboxylic acids is 8. The van der Waals surface area contributed by atoms with Crippen molar-refractivity contribution >= 4 is 125 Å². The van der Waals surface area contributed by atoms with Crippen molar-refractivity contribution in [2.45, 2.75) is 101 Å². The average Bonchev–Trinajstić information content (AvgIpc) is 1.62. The van der Waals surface area contributed by atoms with Crippen LogP contribution in [-0.2, 0) is 88.7 Å². The van der Waals surface area contributed by atoms with Crippen LogP contribution in [0.5, 0.6) is 0 Å². The molecule has 4 aliphatic heterocycles. The number of nitrogen functional groups attached to an aromatic ring is 2. The van der Waals surface area contributed by atoms with Crippen LogP contribution in [0.25, 0.3) is 22.3 Å². The number of rotatable bonds is 22. The highest BCUT2D eigenvalue weighted by Crippen LogP contribution is 2.58. The van der Waals surface area contributed by atoms with Crippen LogP contribution in [0.2, 0.25) is 0 Å². The molecule has 4 aromatic heterocycles. The van der Waals surface area contributed by atoms with E-state index >= 15 is 0 Å². The van der Waals surface area contributed by atoms with Crippen molar-refractivity contribution in [3.05, 3.63) is 67.3 Å². The Hall–Kier alpha value is -7.87. The molecule has 490 valence electrons. The number of nitrogens with one attached hydrogen (secondary N) is 3. The quantitative estimate of drug-likeness (QED) is 0.0155. The molecule has 0 radical (unpaired) electrons. The lowest BCUT2D eigenvalue weighted by atomic mass is 9.89. The van der Waals surface area contributed by atoms with Crippen LogP contribution in [-0.4, -0.2) is 196 Å². The molecule has 12 atom stereocenters. The van der Waals surface area contributed by atoms with Crippen LogP contribution in [0, 0.1) is 11.8 Å². The molecule has 2 unspecified atom stereocenters. The molecule has 0 aliphatic carbocycles. The van der Waals surface area contributed by atoms with Gasteiger partial charge in [-0.15, -0.1) is 0 Å². The third-order valence-electron chi connectivity index (χ3n) is 14.6. The zero-order valence-corrected chi connectivity index (χ0v) is 52.1. The fourth-order valence-electron chi connectivity index (χ4n) is 10.00. The van der Waals surface area contributed by atoms with Crippen molar-refractivity contribution in [3.63, 3.8) is 0 Å². The number of hydrogen-bond acceptors (Lipinski definition) is 28. The number of ether oxygens (including phenoxy) is 5. The van der Waals surface area contributed by atoms with Crippen molar-refractivity contribution in [1.29, 1.82) is 0 Å². The molecule has 2 bridgehead atoms. The summed E-state index contributed by atoms with van der Waals surface area (Å²) in [6.07, 6.45) is -7.34. The number of benzene rings is 1. The number of imide groups is 1. The van der Waals surface area contributed by atoms with Crippen molar-refractivity contribution < 1.29 is 94.7 Å². The van der Waals surface area contributed by atoms with Gasteiger partial charge in [0, 0.05) is 56.7 Å². The second kappa shape index (κ2) is 29.2. The first-order valence-electron chi connectivity index (χ1n) is 27.9. The molecule has 91 heavy (non-hydrogen) atoms. The van der Waals surface area contributed by atoms with Crippen LogP contribution in [0.15, 0.2) is 61.7 Å². The summed E-state index contributed by atoms with van der Waals surface area (Å²) in [4.78, 5) is 141. The van der Waals surface area contributed by atoms with Gasteiger partial charge in [-0.3, -0.25) is 51.6 Å². The summed E-state index contributed by atoms with van der Waals surface area (Å²) >= 11 is 9.65. The van der Waals surface area contributed by atoms with Gasteiger partial charge in [-0.2, -0.15) is 0 Å². The van der Waals surface area contributed by atoms with Gasteiger partial charge in [0.1, 0.15) is 67.4 Å². The van der Waals surface area contributed by atoms with Crippen LogP contribution in [0.1, 0.15) is 57.6 Å². The molecule has 3 fully saturated rings. The van der Waals surface area contributed by atoms with E-state index in [0.29, 0.717) is 11.3 Å². The summed E-state index contributed by atoms with van der Waals surface area (Å²) in [6, 6.07) is 4.44. The Balaban J connectivity index is 0.801. The van der Waals surface area contributed by atoms with Gasteiger partial charge < -0.3 is 76.3 Å². The van der Waals surface area contributed by atoms with E-state index < -0.39 is 148 Å². The minimum Gasteiger partial charge on any atom is -0.445 e. The fourth-order valence-corrected chi connectivity index (χ4v) is 12.9. The van der Waals surface area contributed by atoms with Gasteiger partial charge in [-0.25, -0.2) is 48.9 Å². The largest absolute Gasteiger partial charge is 0.508 e. The molecule has 8 heterocycles. The van der Waals surface area contributed by atoms with Gasteiger partial charge in [-0.1, -0.05) is 38.2 Å². The number of ketones is 1. The van der Waals surface area contributed by atoms with E-state index in [4.69, 9.17) is 70.8 Å². The van der Waals surface area contributed by atoms with Gasteiger partial charge in [0.05, 0.1) is 38.5 Å². The number of carbonyl (C=O) groups is 8. The van der Waals surface area contributed by atoms with E-state index in [1.807, 2.05) is 0 Å². The number of hydrogen-bond donors (Lipinski definition) is 9. The van der Waals surface area contributed by atoms with Crippen molar-refractivity contribution in [3.8, 4) is 0 Å². The highest BCUT2D eigenvalue weighted by atomic mass is 32.7. The predicted octanol–water partition coefficient (Wildman–Crippen LogP) is 1.27. The lowest BCUT2D eigenvalue weighted by molar-refractivity contribution is -0.137. The molecule has 0 spiro atoms. The number of likely N-dealkylation sites (N-methyl/N-ethyl adjacent to an activating group) is 1. The van der Waals surface area contributed by atoms with Crippen molar-refractivity contribution in [2.24, 2.45) is 17.6 Å². The Bertz CT molecular complexity index is 3680. The van der Waals surface area contributed by atoms with Gasteiger partial charge in [0.2, 0.25) is 11.8 Å². The first-order valence-corrected chi connectivity index (χ1v) is 33.2. The zero-order valence-electron chi connectivity index (χ0n) is 48.6. The number of nitrogens with zero attached hydrogens (tertiary/aromatic N) is 10. The minimum atomic E-state index is -4.57. The molecule has 11 N–H and O–H groups in total. The molecule has 1 aromatic carbocycles. The maximum atomic E-state index is 14.1. The summed E-state index contributed by atoms with van der Waals surface area (Å²) in [5.74, 6) is -4.00. The zero-order chi connectivity index (χ0) is 65.5. The number of imidazole rings is 2. The Morgan fingerprint density at radius 3 is 2.13 bits per heavy atom. The molecule has 0 saturated carbocycles. The van der Waals surface area contributed by atoms with Crippen LogP contribution >= 0.6 is 25.8 Å². The molecular weight excluding hydrogens is 1280 g/mol. The second-order valence-corrected chi connectivity index (χ2v) is 27.0. The monoisotopic (exact) mass is 1350 g/mol. The lowest BCUT2D eigenvalue weighted by Gasteiger charge is -2.28. The summed E-state index contributed by atoms with van der Waals surface area (Å²) in [7, 11) is 1.36. The number of aliphatic hydroxyl groups excluding tert-OH is 1.